The molecule has 9 heteroatoms. The van der Waals surface area contributed by atoms with E-state index >= 15 is 0 Å². The second-order valence-electron chi connectivity index (χ2n) is 9.34. The molecular weight excluding hydrogens is 511 g/mol. The summed E-state index contributed by atoms with van der Waals surface area (Å²) in [4.78, 5) is 26.9. The number of carbonyl (C=O) groups is 2. The van der Waals surface area contributed by atoms with Crippen LogP contribution in [0.3, 0.4) is 0 Å². The first-order chi connectivity index (χ1) is 17.8. The maximum Gasteiger partial charge on any atom is 0.304 e. The highest BCUT2D eigenvalue weighted by molar-refractivity contribution is 6.42. The third kappa shape index (κ3) is 4.81. The fourth-order valence-corrected chi connectivity index (χ4v) is 5.45. The van der Waals surface area contributed by atoms with Crippen molar-refractivity contribution in [1.29, 1.82) is 0 Å². The van der Waals surface area contributed by atoms with Gasteiger partial charge >= 0.3 is 5.97 Å². The van der Waals surface area contributed by atoms with Gasteiger partial charge in [0.2, 0.25) is 0 Å². The number of hydrogen-bond donors (Lipinski definition) is 1. The van der Waals surface area contributed by atoms with Gasteiger partial charge in [0.1, 0.15) is 5.52 Å². The van der Waals surface area contributed by atoms with Crippen LogP contribution >= 0.6 is 23.2 Å². The summed E-state index contributed by atoms with van der Waals surface area (Å²) in [6.07, 6.45) is 0.663. The lowest BCUT2D eigenvalue weighted by molar-refractivity contribution is -0.137. The number of carboxylic acid groups (broad SMARTS) is 1. The summed E-state index contributed by atoms with van der Waals surface area (Å²) >= 11 is 12.1. The number of aromatic nitrogens is 3. The van der Waals surface area contributed by atoms with Gasteiger partial charge in [-0.2, -0.15) is 0 Å². The summed E-state index contributed by atoms with van der Waals surface area (Å²) in [5, 5.41) is 19.1. The van der Waals surface area contributed by atoms with Gasteiger partial charge in [-0.15, -0.1) is 5.10 Å². The maximum absolute atomic E-state index is 13.2. The van der Waals surface area contributed by atoms with Crippen molar-refractivity contribution in [1.82, 2.24) is 19.9 Å². The van der Waals surface area contributed by atoms with E-state index in [1.807, 2.05) is 42.8 Å². The lowest BCUT2D eigenvalue weighted by Crippen LogP contribution is -2.36. The molecule has 0 fully saturated rings. The average molecular weight is 537 g/mol. The van der Waals surface area contributed by atoms with Gasteiger partial charge in [-0.25, -0.2) is 4.68 Å². The van der Waals surface area contributed by atoms with Crippen molar-refractivity contribution >= 4 is 46.1 Å². The Balaban J connectivity index is 1.49. The monoisotopic (exact) mass is 536 g/mol. The Hall–Kier alpha value is -3.42. The van der Waals surface area contributed by atoms with Crippen LogP contribution in [0.5, 0.6) is 0 Å². The fourth-order valence-electron chi connectivity index (χ4n) is 5.15. The van der Waals surface area contributed by atoms with Gasteiger partial charge in [0.05, 0.1) is 22.0 Å². The number of aliphatic carboxylic acids is 1. The number of amides is 1. The highest BCUT2D eigenvalue weighted by atomic mass is 35.5. The van der Waals surface area contributed by atoms with Crippen LogP contribution in [0.15, 0.2) is 48.5 Å². The molecule has 1 aliphatic heterocycles. The molecule has 0 unspecified atom stereocenters. The summed E-state index contributed by atoms with van der Waals surface area (Å²) in [6, 6.07) is 15.0. The van der Waals surface area contributed by atoms with Crippen LogP contribution < -0.4 is 0 Å². The number of benzene rings is 3. The molecule has 0 saturated carbocycles. The van der Waals surface area contributed by atoms with Crippen LogP contribution in [0.4, 0.5) is 0 Å². The molecular formula is C28H26Cl2N4O3. The quantitative estimate of drug-likeness (QED) is 0.332. The smallest absolute Gasteiger partial charge is 0.304 e. The van der Waals surface area contributed by atoms with Gasteiger partial charge < -0.3 is 10.0 Å². The minimum Gasteiger partial charge on any atom is -0.481 e. The number of nitrogens with zero attached hydrogens (tertiary/aromatic N) is 4. The summed E-state index contributed by atoms with van der Waals surface area (Å²) < 4.78 is 1.83. The van der Waals surface area contributed by atoms with E-state index in [0.29, 0.717) is 35.2 Å². The third-order valence-corrected chi connectivity index (χ3v) is 7.87. The Morgan fingerprint density at radius 3 is 2.59 bits per heavy atom. The molecule has 0 bridgehead atoms. The number of carbonyl (C=O) groups excluding carboxylic acids is 1. The predicted molar refractivity (Wildman–Crippen MR) is 143 cm³/mol. The lowest BCUT2D eigenvalue weighted by atomic mass is 9.83. The SMILES string of the molecule is CCn1nnc2c(C)c([C@H](CC(=O)O)c3ccc4c(c3)CN(C(=O)c3ccc(Cl)c(Cl)c3)CC4)ccc21. The van der Waals surface area contributed by atoms with E-state index in [1.165, 1.54) is 0 Å². The van der Waals surface area contributed by atoms with Crippen LogP contribution in [-0.4, -0.2) is 43.4 Å². The predicted octanol–water partition coefficient (Wildman–Crippen LogP) is 5.87. The van der Waals surface area contributed by atoms with Crippen LogP contribution in [0.1, 0.15) is 57.4 Å². The van der Waals surface area contributed by atoms with Crippen LogP contribution in [0.2, 0.25) is 10.0 Å². The van der Waals surface area contributed by atoms with Gasteiger partial charge in [-0.05, 0) is 72.4 Å². The van der Waals surface area contributed by atoms with Crippen LogP contribution in [0, 0.1) is 6.92 Å². The van der Waals surface area contributed by atoms with Gasteiger partial charge in [0, 0.05) is 31.1 Å². The van der Waals surface area contributed by atoms with E-state index in [2.05, 4.69) is 16.4 Å². The Morgan fingerprint density at radius 1 is 1.05 bits per heavy atom. The molecule has 2 heterocycles. The van der Waals surface area contributed by atoms with E-state index in [0.717, 1.165) is 45.3 Å². The second-order valence-corrected chi connectivity index (χ2v) is 10.2. The number of hydrogen-bond acceptors (Lipinski definition) is 4. The summed E-state index contributed by atoms with van der Waals surface area (Å²) in [6.45, 7) is 5.71. The van der Waals surface area contributed by atoms with Crippen molar-refractivity contribution in [3.8, 4) is 0 Å². The fraction of sp³-hybridized carbons (Fsp3) is 0.286. The Labute approximate surface area is 224 Å². The largest absolute Gasteiger partial charge is 0.481 e. The van der Waals surface area contributed by atoms with E-state index in [9.17, 15) is 14.7 Å². The van der Waals surface area contributed by atoms with Crippen molar-refractivity contribution in [2.24, 2.45) is 0 Å². The normalized spacial score (nSPS) is 14.0. The van der Waals surface area contributed by atoms with Gasteiger partial charge in [-0.3, -0.25) is 9.59 Å². The number of halogens is 2. The topological polar surface area (TPSA) is 88.3 Å². The van der Waals surface area contributed by atoms with E-state index < -0.39 is 5.97 Å². The molecule has 4 aromatic rings. The molecule has 37 heavy (non-hydrogen) atoms. The molecule has 0 aliphatic carbocycles. The van der Waals surface area contributed by atoms with Crippen molar-refractivity contribution in [2.45, 2.75) is 45.7 Å². The Morgan fingerprint density at radius 2 is 1.86 bits per heavy atom. The first-order valence-electron chi connectivity index (χ1n) is 12.2. The number of aryl methyl sites for hydroxylation is 2. The molecule has 190 valence electrons. The zero-order valence-electron chi connectivity index (χ0n) is 20.5. The number of fused-ring (bicyclic) bond motifs is 2. The second kappa shape index (κ2) is 10.1. The zero-order valence-corrected chi connectivity index (χ0v) is 22.1. The molecule has 1 N–H and O–H groups in total. The van der Waals surface area contributed by atoms with Gasteiger partial charge in [0.25, 0.3) is 5.91 Å². The first kappa shape index (κ1) is 25.2. The highest BCUT2D eigenvalue weighted by Crippen LogP contribution is 2.35. The van der Waals surface area contributed by atoms with Crippen molar-refractivity contribution in [3.63, 3.8) is 0 Å². The molecule has 0 saturated heterocycles. The summed E-state index contributed by atoms with van der Waals surface area (Å²) in [7, 11) is 0. The Bertz CT molecular complexity index is 1530. The number of rotatable bonds is 6. The first-order valence-corrected chi connectivity index (χ1v) is 12.9. The maximum atomic E-state index is 13.2. The molecule has 3 aromatic carbocycles. The van der Waals surface area contributed by atoms with Crippen LogP contribution in [-0.2, 0) is 24.3 Å². The van der Waals surface area contributed by atoms with Gasteiger partial charge in [-0.1, -0.05) is 52.7 Å². The summed E-state index contributed by atoms with van der Waals surface area (Å²) in [5.41, 5.74) is 7.12. The van der Waals surface area contributed by atoms with E-state index in [4.69, 9.17) is 23.2 Å². The standard InChI is InChI=1S/C28H26Cl2N4O3/c1-3-34-25-9-7-21(16(2)27(25)31-32-34)22(14-26(35)36)18-5-4-17-10-11-33(15-20(17)12-18)28(37)19-6-8-23(29)24(30)13-19/h4-9,12-13,22H,3,10-11,14-15H2,1-2H3,(H,35,36)/t22-/m1/s1. The molecule has 0 radical (unpaired) electrons. The average Bonchev–Trinajstić information content (AvgIpc) is 3.32. The number of carboxylic acids is 1. The van der Waals surface area contributed by atoms with E-state index in [1.54, 1.807) is 23.1 Å². The van der Waals surface area contributed by atoms with Crippen molar-refractivity contribution in [3.05, 3.63) is 92.0 Å². The molecule has 1 aliphatic rings. The van der Waals surface area contributed by atoms with Crippen LogP contribution in [0.25, 0.3) is 11.0 Å². The molecule has 0 spiro atoms. The molecule has 1 atom stereocenters. The Kier molecular flexibility index (Phi) is 6.92. The van der Waals surface area contributed by atoms with Crippen molar-refractivity contribution in [2.75, 3.05) is 6.54 Å². The van der Waals surface area contributed by atoms with Gasteiger partial charge in [0.15, 0.2) is 0 Å². The minimum atomic E-state index is -0.879. The molecule has 1 amide bonds. The molecule has 5 rings (SSSR count). The third-order valence-electron chi connectivity index (χ3n) is 7.13. The van der Waals surface area contributed by atoms with Crippen molar-refractivity contribution < 1.29 is 14.7 Å². The highest BCUT2D eigenvalue weighted by Gasteiger charge is 2.26. The minimum absolute atomic E-state index is 0.0566. The zero-order chi connectivity index (χ0) is 26.3. The molecule has 1 aromatic heterocycles. The van der Waals surface area contributed by atoms with E-state index in [-0.39, 0.29) is 18.2 Å². The summed E-state index contributed by atoms with van der Waals surface area (Å²) in [5.74, 6) is -1.35. The molecule has 7 nitrogen and oxygen atoms in total. The lowest BCUT2D eigenvalue weighted by Gasteiger charge is -2.30.